The monoisotopic (exact) mass is 353 g/mol. The zero-order valence-corrected chi connectivity index (χ0v) is 15.3. The number of nitrogens with zero attached hydrogens (tertiary/aromatic N) is 1. The van der Waals surface area contributed by atoms with E-state index in [2.05, 4.69) is 10.6 Å². The van der Waals surface area contributed by atoms with E-state index in [1.165, 1.54) is 0 Å². The van der Waals surface area contributed by atoms with Gasteiger partial charge in [-0.1, -0.05) is 42.5 Å². The van der Waals surface area contributed by atoms with E-state index in [0.29, 0.717) is 12.3 Å². The first-order valence-corrected chi connectivity index (χ1v) is 9.33. The van der Waals surface area contributed by atoms with Gasteiger partial charge in [-0.25, -0.2) is 0 Å². The van der Waals surface area contributed by atoms with Gasteiger partial charge in [-0.15, -0.1) is 0 Å². The lowest BCUT2D eigenvalue weighted by atomic mass is 9.97. The molecule has 0 saturated carbocycles. The normalized spacial score (nSPS) is 15.2. The lowest BCUT2D eigenvalue weighted by Crippen LogP contribution is -2.45. The van der Waals surface area contributed by atoms with Gasteiger partial charge in [0, 0.05) is 13.1 Å². The van der Waals surface area contributed by atoms with Crippen molar-refractivity contribution in [3.05, 3.63) is 48.0 Å². The van der Waals surface area contributed by atoms with Crippen molar-refractivity contribution < 1.29 is 9.59 Å². The second kappa shape index (κ2) is 8.81. The smallest absolute Gasteiger partial charge is 0.241 e. The number of piperidine rings is 1. The number of rotatable bonds is 6. The fourth-order valence-corrected chi connectivity index (χ4v) is 3.64. The predicted octanol–water partition coefficient (Wildman–Crippen LogP) is 1.96. The quantitative estimate of drug-likeness (QED) is 0.835. The molecule has 1 saturated heterocycles. The van der Waals surface area contributed by atoms with Crippen molar-refractivity contribution in [2.24, 2.45) is 5.92 Å². The van der Waals surface area contributed by atoms with E-state index in [4.69, 9.17) is 0 Å². The van der Waals surface area contributed by atoms with E-state index >= 15 is 0 Å². The molecule has 0 bridgehead atoms. The second-order valence-electron chi connectivity index (χ2n) is 6.97. The van der Waals surface area contributed by atoms with Crippen LogP contribution in [0.4, 0.5) is 0 Å². The van der Waals surface area contributed by atoms with Crippen LogP contribution < -0.4 is 10.6 Å². The zero-order valence-electron chi connectivity index (χ0n) is 15.3. The Morgan fingerprint density at radius 3 is 2.58 bits per heavy atom. The molecule has 1 fully saturated rings. The molecular weight excluding hydrogens is 326 g/mol. The summed E-state index contributed by atoms with van der Waals surface area (Å²) in [5.41, 5.74) is 0.987. The first kappa shape index (κ1) is 18.4. The van der Waals surface area contributed by atoms with Crippen LogP contribution in [0.25, 0.3) is 10.8 Å². The Bertz CT molecular complexity index is 761. The van der Waals surface area contributed by atoms with E-state index in [1.807, 2.05) is 54.4 Å². The Morgan fingerprint density at radius 1 is 1.08 bits per heavy atom. The molecule has 1 heterocycles. The number of amides is 2. The molecule has 2 N–H and O–H groups in total. The Labute approximate surface area is 154 Å². The molecule has 138 valence electrons. The van der Waals surface area contributed by atoms with Crippen LogP contribution in [0, 0.1) is 5.92 Å². The molecule has 0 unspecified atom stereocenters. The molecule has 2 aromatic carbocycles. The highest BCUT2D eigenvalue weighted by molar-refractivity contribution is 5.91. The van der Waals surface area contributed by atoms with Gasteiger partial charge in [0.1, 0.15) is 0 Å². The van der Waals surface area contributed by atoms with Crippen LogP contribution in [-0.4, -0.2) is 49.9 Å². The van der Waals surface area contributed by atoms with Crippen molar-refractivity contribution in [2.75, 3.05) is 33.2 Å². The number of likely N-dealkylation sites (tertiary alicyclic amines) is 1. The Balaban J connectivity index is 1.49. The minimum absolute atomic E-state index is 0.0131. The van der Waals surface area contributed by atoms with Crippen molar-refractivity contribution in [3.63, 3.8) is 0 Å². The summed E-state index contributed by atoms with van der Waals surface area (Å²) >= 11 is 0. The van der Waals surface area contributed by atoms with Crippen LogP contribution in [0.1, 0.15) is 18.4 Å². The van der Waals surface area contributed by atoms with E-state index in [0.717, 1.165) is 48.8 Å². The average molecular weight is 353 g/mol. The van der Waals surface area contributed by atoms with Gasteiger partial charge in [0.15, 0.2) is 0 Å². The molecular formula is C21H27N3O2. The van der Waals surface area contributed by atoms with E-state index in [9.17, 15) is 9.59 Å². The lowest BCUT2D eigenvalue weighted by molar-refractivity contribution is -0.133. The summed E-state index contributed by atoms with van der Waals surface area (Å²) in [6, 6.07) is 14.0. The maximum absolute atomic E-state index is 12.3. The molecule has 1 aliphatic rings. The molecule has 5 nitrogen and oxygen atoms in total. The maximum Gasteiger partial charge on any atom is 0.241 e. The summed E-state index contributed by atoms with van der Waals surface area (Å²) in [6.07, 6.45) is 2.34. The van der Waals surface area contributed by atoms with Crippen molar-refractivity contribution in [2.45, 2.75) is 19.3 Å². The minimum Gasteiger partial charge on any atom is -0.347 e. The number of benzene rings is 2. The zero-order chi connectivity index (χ0) is 18.4. The van der Waals surface area contributed by atoms with Crippen LogP contribution in [0.5, 0.6) is 0 Å². The molecule has 1 aliphatic heterocycles. The number of carbonyl (C=O) groups excluding carboxylic acids is 2. The van der Waals surface area contributed by atoms with Crippen LogP contribution in [0.3, 0.4) is 0 Å². The van der Waals surface area contributed by atoms with Crippen LogP contribution >= 0.6 is 0 Å². The highest BCUT2D eigenvalue weighted by Crippen LogP contribution is 2.19. The molecule has 0 atom stereocenters. The van der Waals surface area contributed by atoms with Crippen molar-refractivity contribution >= 4 is 22.6 Å². The molecule has 0 spiro atoms. The van der Waals surface area contributed by atoms with Gasteiger partial charge in [-0.3, -0.25) is 9.59 Å². The summed E-state index contributed by atoms with van der Waals surface area (Å²) in [6.45, 7) is 2.65. The first-order valence-electron chi connectivity index (χ1n) is 9.33. The van der Waals surface area contributed by atoms with E-state index in [-0.39, 0.29) is 18.4 Å². The third kappa shape index (κ3) is 4.61. The summed E-state index contributed by atoms with van der Waals surface area (Å²) in [7, 11) is 1.96. The largest absolute Gasteiger partial charge is 0.347 e. The molecule has 3 rings (SSSR count). The highest BCUT2D eigenvalue weighted by atomic mass is 16.2. The highest BCUT2D eigenvalue weighted by Gasteiger charge is 2.22. The third-order valence-electron chi connectivity index (χ3n) is 5.13. The van der Waals surface area contributed by atoms with E-state index in [1.54, 1.807) is 0 Å². The topological polar surface area (TPSA) is 61.4 Å². The maximum atomic E-state index is 12.3. The number of nitrogens with one attached hydrogen (secondary N) is 2. The third-order valence-corrected chi connectivity index (χ3v) is 5.13. The summed E-state index contributed by atoms with van der Waals surface area (Å²) in [5, 5.41) is 8.19. The Morgan fingerprint density at radius 2 is 1.81 bits per heavy atom. The first-order chi connectivity index (χ1) is 12.7. The molecule has 2 amide bonds. The van der Waals surface area contributed by atoms with Gasteiger partial charge in [-0.05, 0) is 48.7 Å². The molecule has 0 aromatic heterocycles. The molecule has 0 aliphatic carbocycles. The number of hydrogen-bond donors (Lipinski definition) is 2. The minimum atomic E-state index is -0.111. The van der Waals surface area contributed by atoms with Crippen LogP contribution in [0.15, 0.2) is 42.5 Å². The van der Waals surface area contributed by atoms with Gasteiger partial charge in [-0.2, -0.15) is 0 Å². The number of fused-ring (bicyclic) bond motifs is 1. The second-order valence-corrected chi connectivity index (χ2v) is 6.97. The van der Waals surface area contributed by atoms with Gasteiger partial charge >= 0.3 is 0 Å². The van der Waals surface area contributed by atoms with Crippen molar-refractivity contribution in [3.8, 4) is 0 Å². The van der Waals surface area contributed by atoms with Crippen LogP contribution in [-0.2, 0) is 16.0 Å². The Kier molecular flexibility index (Phi) is 6.23. The number of hydrogen-bond acceptors (Lipinski definition) is 3. The Hall–Kier alpha value is -2.40. The standard InChI is InChI=1S/C21H27N3O2/c1-22-14-16-9-11-24(12-10-16)21(26)15-23-20(25)13-18-7-4-6-17-5-2-3-8-19(17)18/h2-8,16,22H,9-15H2,1H3,(H,23,25). The SMILES string of the molecule is CNCC1CCN(C(=O)CNC(=O)Cc2cccc3ccccc23)CC1. The van der Waals surface area contributed by atoms with Crippen molar-refractivity contribution in [1.29, 1.82) is 0 Å². The van der Waals surface area contributed by atoms with Crippen molar-refractivity contribution in [1.82, 2.24) is 15.5 Å². The van der Waals surface area contributed by atoms with Gasteiger partial charge in [0.25, 0.3) is 0 Å². The summed E-state index contributed by atoms with van der Waals surface area (Å²) in [5.74, 6) is 0.545. The van der Waals surface area contributed by atoms with Crippen LogP contribution in [0.2, 0.25) is 0 Å². The summed E-state index contributed by atoms with van der Waals surface area (Å²) in [4.78, 5) is 26.5. The predicted molar refractivity (Wildman–Crippen MR) is 104 cm³/mol. The molecule has 0 radical (unpaired) electrons. The fraction of sp³-hybridized carbons (Fsp3) is 0.429. The lowest BCUT2D eigenvalue weighted by Gasteiger charge is -2.32. The van der Waals surface area contributed by atoms with Gasteiger partial charge in [0.2, 0.25) is 11.8 Å². The van der Waals surface area contributed by atoms with Gasteiger partial charge in [0.05, 0.1) is 13.0 Å². The average Bonchev–Trinajstić information content (AvgIpc) is 2.67. The molecule has 26 heavy (non-hydrogen) atoms. The molecule has 5 heteroatoms. The number of carbonyl (C=O) groups is 2. The summed E-state index contributed by atoms with van der Waals surface area (Å²) < 4.78 is 0. The van der Waals surface area contributed by atoms with Gasteiger partial charge < -0.3 is 15.5 Å². The fourth-order valence-electron chi connectivity index (χ4n) is 3.64. The molecule has 2 aromatic rings. The van der Waals surface area contributed by atoms with E-state index < -0.39 is 0 Å².